The molecular formula is C11H11NO4. The van der Waals surface area contributed by atoms with Gasteiger partial charge in [0, 0.05) is 17.7 Å². The molecule has 2 atom stereocenters. The number of epoxide rings is 1. The van der Waals surface area contributed by atoms with E-state index in [4.69, 9.17) is 9.47 Å². The number of nitrogens with zero attached hydrogens (tertiary/aromatic N) is 1. The van der Waals surface area contributed by atoms with E-state index in [1.165, 1.54) is 12.1 Å². The topological polar surface area (TPSA) is 64.9 Å². The second-order valence-corrected chi connectivity index (χ2v) is 4.66. The summed E-state index contributed by atoms with van der Waals surface area (Å²) in [5.74, 6) is 0.689. The third-order valence-corrected chi connectivity index (χ3v) is 3.06. The van der Waals surface area contributed by atoms with Gasteiger partial charge in [-0.15, -0.1) is 0 Å². The van der Waals surface area contributed by atoms with Crippen LogP contribution in [0.15, 0.2) is 18.2 Å². The molecule has 0 saturated carbocycles. The van der Waals surface area contributed by atoms with E-state index in [0.717, 1.165) is 5.56 Å². The number of ether oxygens (including phenoxy) is 2. The molecule has 84 valence electrons. The predicted molar refractivity (Wildman–Crippen MR) is 55.4 cm³/mol. The Labute approximate surface area is 92.1 Å². The highest BCUT2D eigenvalue weighted by molar-refractivity contribution is 5.49. The van der Waals surface area contributed by atoms with Crippen molar-refractivity contribution in [1.29, 1.82) is 0 Å². The fourth-order valence-electron chi connectivity index (χ4n) is 2.18. The molecule has 0 bridgehead atoms. The maximum absolute atomic E-state index is 10.7. The van der Waals surface area contributed by atoms with Crippen molar-refractivity contribution in [3.05, 3.63) is 33.9 Å². The van der Waals surface area contributed by atoms with E-state index in [0.29, 0.717) is 5.75 Å². The van der Waals surface area contributed by atoms with Crippen molar-refractivity contribution in [2.75, 3.05) is 0 Å². The van der Waals surface area contributed by atoms with Gasteiger partial charge in [0.05, 0.1) is 4.92 Å². The van der Waals surface area contributed by atoms with Crippen LogP contribution in [0.4, 0.5) is 5.69 Å². The molecule has 0 radical (unpaired) electrons. The Hall–Kier alpha value is -1.62. The van der Waals surface area contributed by atoms with Crippen LogP contribution in [0.1, 0.15) is 25.5 Å². The zero-order valence-electron chi connectivity index (χ0n) is 8.97. The Balaban J connectivity index is 2.06. The molecule has 1 fully saturated rings. The number of nitro groups is 1. The first-order chi connectivity index (χ1) is 7.49. The number of fused-ring (bicyclic) bond motifs is 3. The van der Waals surface area contributed by atoms with E-state index in [9.17, 15) is 10.1 Å². The Morgan fingerprint density at radius 1 is 1.44 bits per heavy atom. The largest absolute Gasteiger partial charge is 0.485 e. The minimum absolute atomic E-state index is 0.0157. The molecule has 1 unspecified atom stereocenters. The van der Waals surface area contributed by atoms with Crippen molar-refractivity contribution in [2.24, 2.45) is 0 Å². The van der Waals surface area contributed by atoms with Crippen LogP contribution in [0.25, 0.3) is 0 Å². The Morgan fingerprint density at radius 2 is 2.19 bits per heavy atom. The number of rotatable bonds is 1. The van der Waals surface area contributed by atoms with E-state index in [-0.39, 0.29) is 23.5 Å². The Bertz CT molecular complexity index is 483. The third kappa shape index (κ3) is 1.21. The van der Waals surface area contributed by atoms with Crippen molar-refractivity contribution >= 4 is 5.69 Å². The predicted octanol–water partition coefficient (Wildman–Crippen LogP) is 2.21. The normalized spacial score (nSPS) is 28.6. The molecule has 0 N–H and O–H groups in total. The van der Waals surface area contributed by atoms with Crippen molar-refractivity contribution in [1.82, 2.24) is 0 Å². The number of non-ortho nitro benzene ring substituents is 1. The zero-order chi connectivity index (χ0) is 11.5. The fraction of sp³-hybridized carbons (Fsp3) is 0.455. The molecule has 0 aliphatic carbocycles. The average molecular weight is 221 g/mol. The molecule has 1 aromatic carbocycles. The summed E-state index contributed by atoms with van der Waals surface area (Å²) < 4.78 is 11.3. The van der Waals surface area contributed by atoms with E-state index < -0.39 is 4.92 Å². The lowest BCUT2D eigenvalue weighted by Crippen LogP contribution is -2.37. The highest BCUT2D eigenvalue weighted by Crippen LogP contribution is 2.54. The lowest BCUT2D eigenvalue weighted by Gasteiger charge is -2.29. The number of hydrogen-bond acceptors (Lipinski definition) is 4. The zero-order valence-corrected chi connectivity index (χ0v) is 8.97. The first-order valence-corrected chi connectivity index (χ1v) is 5.12. The molecule has 1 aromatic rings. The molecule has 2 aliphatic rings. The molecular weight excluding hydrogens is 210 g/mol. The molecule has 1 saturated heterocycles. The van der Waals surface area contributed by atoms with E-state index >= 15 is 0 Å². The molecule has 0 amide bonds. The lowest BCUT2D eigenvalue weighted by molar-refractivity contribution is -0.385. The van der Waals surface area contributed by atoms with E-state index in [1.807, 2.05) is 13.8 Å². The highest BCUT2D eigenvalue weighted by atomic mass is 16.6. The monoisotopic (exact) mass is 221 g/mol. The van der Waals surface area contributed by atoms with Crippen LogP contribution in [0, 0.1) is 10.1 Å². The SMILES string of the molecule is CC1(C)Oc2ccc([N+](=O)[O-])cc2[C@H]2OC21. The fourth-order valence-corrected chi connectivity index (χ4v) is 2.18. The van der Waals surface area contributed by atoms with Gasteiger partial charge < -0.3 is 9.47 Å². The Morgan fingerprint density at radius 3 is 2.88 bits per heavy atom. The van der Waals surface area contributed by atoms with Crippen LogP contribution in [-0.4, -0.2) is 16.6 Å². The highest BCUT2D eigenvalue weighted by Gasteiger charge is 2.56. The first kappa shape index (κ1) is 9.59. The van der Waals surface area contributed by atoms with Crippen LogP contribution in [0.5, 0.6) is 5.75 Å². The minimum atomic E-state index is -0.405. The summed E-state index contributed by atoms with van der Waals surface area (Å²) in [7, 11) is 0. The second kappa shape index (κ2) is 2.74. The van der Waals surface area contributed by atoms with Crippen molar-refractivity contribution in [2.45, 2.75) is 31.7 Å². The third-order valence-electron chi connectivity index (χ3n) is 3.06. The van der Waals surface area contributed by atoms with Crippen LogP contribution in [-0.2, 0) is 4.74 Å². The molecule has 3 rings (SSSR count). The van der Waals surface area contributed by atoms with Gasteiger partial charge in [0.15, 0.2) is 0 Å². The van der Waals surface area contributed by atoms with Crippen molar-refractivity contribution in [3.8, 4) is 5.75 Å². The van der Waals surface area contributed by atoms with Crippen LogP contribution >= 0.6 is 0 Å². The van der Waals surface area contributed by atoms with Gasteiger partial charge >= 0.3 is 0 Å². The van der Waals surface area contributed by atoms with Gasteiger partial charge in [0.1, 0.15) is 23.6 Å². The molecule has 16 heavy (non-hydrogen) atoms. The van der Waals surface area contributed by atoms with E-state index in [2.05, 4.69) is 0 Å². The van der Waals surface area contributed by atoms with Gasteiger partial charge in [-0.2, -0.15) is 0 Å². The van der Waals surface area contributed by atoms with Gasteiger partial charge in [-0.05, 0) is 19.9 Å². The maximum atomic E-state index is 10.7. The van der Waals surface area contributed by atoms with Gasteiger partial charge in [0.25, 0.3) is 5.69 Å². The van der Waals surface area contributed by atoms with Crippen molar-refractivity contribution in [3.63, 3.8) is 0 Å². The molecule has 2 aliphatic heterocycles. The van der Waals surface area contributed by atoms with E-state index in [1.54, 1.807) is 6.07 Å². The molecule has 5 nitrogen and oxygen atoms in total. The molecule has 5 heteroatoms. The summed E-state index contributed by atoms with van der Waals surface area (Å²) in [5, 5.41) is 10.7. The first-order valence-electron chi connectivity index (χ1n) is 5.12. The number of hydrogen-bond donors (Lipinski definition) is 0. The second-order valence-electron chi connectivity index (χ2n) is 4.66. The standard InChI is InChI=1S/C11H11NO4/c1-11(2)10-9(15-10)7-5-6(12(13)14)3-4-8(7)16-11/h3-5,9-10H,1-2H3/t9-,10?/m1/s1. The summed E-state index contributed by atoms with van der Waals surface area (Å²) in [6.45, 7) is 3.92. The summed E-state index contributed by atoms with van der Waals surface area (Å²) in [6.07, 6.45) is -0.0272. The average Bonchev–Trinajstić information content (AvgIpc) is 2.97. The molecule has 2 heterocycles. The summed E-state index contributed by atoms with van der Waals surface area (Å²) in [5.41, 5.74) is 0.517. The van der Waals surface area contributed by atoms with Crippen molar-refractivity contribution < 1.29 is 14.4 Å². The van der Waals surface area contributed by atoms with Crippen LogP contribution in [0.3, 0.4) is 0 Å². The van der Waals surface area contributed by atoms with Crippen LogP contribution < -0.4 is 4.74 Å². The van der Waals surface area contributed by atoms with Crippen LogP contribution in [0.2, 0.25) is 0 Å². The molecule has 0 aromatic heterocycles. The quantitative estimate of drug-likeness (QED) is 0.414. The summed E-state index contributed by atoms with van der Waals surface area (Å²) in [4.78, 5) is 10.3. The summed E-state index contributed by atoms with van der Waals surface area (Å²) in [6, 6.07) is 4.64. The number of nitro benzene ring substituents is 1. The smallest absolute Gasteiger partial charge is 0.270 e. The van der Waals surface area contributed by atoms with Gasteiger partial charge in [-0.3, -0.25) is 10.1 Å². The minimum Gasteiger partial charge on any atom is -0.485 e. The van der Waals surface area contributed by atoms with Gasteiger partial charge in [-0.25, -0.2) is 0 Å². The number of benzene rings is 1. The maximum Gasteiger partial charge on any atom is 0.270 e. The lowest BCUT2D eigenvalue weighted by atomic mass is 9.94. The van der Waals surface area contributed by atoms with Gasteiger partial charge in [-0.1, -0.05) is 0 Å². The Kier molecular flexibility index (Phi) is 1.64. The summed E-state index contributed by atoms with van der Waals surface area (Å²) >= 11 is 0. The van der Waals surface area contributed by atoms with Gasteiger partial charge in [0.2, 0.25) is 0 Å². The molecule has 0 spiro atoms.